The van der Waals surface area contributed by atoms with Crippen LogP contribution in [0.4, 0.5) is 11.5 Å². The van der Waals surface area contributed by atoms with Gasteiger partial charge in [0.25, 0.3) is 11.6 Å². The molecule has 20 heavy (non-hydrogen) atoms. The van der Waals surface area contributed by atoms with Gasteiger partial charge in [0.05, 0.1) is 10.5 Å². The average molecular weight is 276 g/mol. The lowest BCUT2D eigenvalue weighted by Crippen LogP contribution is -2.31. The summed E-state index contributed by atoms with van der Waals surface area (Å²) in [6.07, 6.45) is 5.85. The fourth-order valence-corrected chi connectivity index (χ4v) is 2.68. The SMILES string of the molecule is Nc1ncc([N+](=O)[O-])cc1C(=O)NCC1(C2CC2)CC1. The largest absolute Gasteiger partial charge is 0.383 e. The number of hydrogen-bond acceptors (Lipinski definition) is 5. The molecule has 3 rings (SSSR count). The quantitative estimate of drug-likeness (QED) is 0.625. The Morgan fingerprint density at radius 2 is 2.25 bits per heavy atom. The fourth-order valence-electron chi connectivity index (χ4n) is 2.68. The van der Waals surface area contributed by atoms with Crippen molar-refractivity contribution >= 4 is 17.4 Å². The van der Waals surface area contributed by atoms with E-state index in [1.807, 2.05) is 0 Å². The van der Waals surface area contributed by atoms with E-state index >= 15 is 0 Å². The zero-order chi connectivity index (χ0) is 14.3. The summed E-state index contributed by atoms with van der Waals surface area (Å²) in [6.45, 7) is 0.624. The first-order chi connectivity index (χ1) is 9.52. The van der Waals surface area contributed by atoms with E-state index in [4.69, 9.17) is 5.73 Å². The highest BCUT2D eigenvalue weighted by Gasteiger charge is 2.53. The molecular weight excluding hydrogens is 260 g/mol. The Labute approximate surface area is 115 Å². The number of nitrogens with one attached hydrogen (secondary N) is 1. The summed E-state index contributed by atoms with van der Waals surface area (Å²) in [5.41, 5.74) is 5.75. The number of carbonyl (C=O) groups excluding carboxylic acids is 1. The second-order valence-electron chi connectivity index (χ2n) is 5.70. The maximum Gasteiger partial charge on any atom is 0.288 e. The standard InChI is InChI=1S/C13H16N4O3/c14-11-10(5-9(6-15-11)17(19)20)12(18)16-7-13(3-4-13)8-1-2-8/h5-6,8H,1-4,7H2,(H2,14,15)(H,16,18). The zero-order valence-electron chi connectivity index (χ0n) is 11.0. The lowest BCUT2D eigenvalue weighted by molar-refractivity contribution is -0.385. The number of nitrogens with two attached hydrogens (primary N) is 1. The first kappa shape index (κ1) is 12.8. The summed E-state index contributed by atoms with van der Waals surface area (Å²) in [5.74, 6) is 0.373. The van der Waals surface area contributed by atoms with Gasteiger partial charge in [-0.1, -0.05) is 0 Å². The van der Waals surface area contributed by atoms with Gasteiger partial charge < -0.3 is 11.1 Å². The van der Waals surface area contributed by atoms with E-state index in [1.54, 1.807) is 0 Å². The molecule has 3 N–H and O–H groups in total. The van der Waals surface area contributed by atoms with Crippen LogP contribution in [-0.4, -0.2) is 22.4 Å². The monoisotopic (exact) mass is 276 g/mol. The van der Waals surface area contributed by atoms with Gasteiger partial charge in [0, 0.05) is 12.6 Å². The molecule has 2 saturated carbocycles. The number of hydrogen-bond donors (Lipinski definition) is 2. The molecule has 7 nitrogen and oxygen atoms in total. The van der Waals surface area contributed by atoms with Crippen LogP contribution in [0.1, 0.15) is 36.0 Å². The molecular formula is C13H16N4O3. The molecule has 0 radical (unpaired) electrons. The summed E-state index contributed by atoms with van der Waals surface area (Å²) in [4.78, 5) is 25.9. The third-order valence-electron chi connectivity index (χ3n) is 4.30. The highest BCUT2D eigenvalue weighted by Crippen LogP contribution is 2.60. The maximum absolute atomic E-state index is 12.1. The molecule has 0 aromatic carbocycles. The number of amides is 1. The topological polar surface area (TPSA) is 111 Å². The van der Waals surface area contributed by atoms with Crippen molar-refractivity contribution in [3.8, 4) is 0 Å². The fraction of sp³-hybridized carbons (Fsp3) is 0.538. The van der Waals surface area contributed by atoms with Crippen molar-refractivity contribution in [1.29, 1.82) is 0 Å². The van der Waals surface area contributed by atoms with E-state index < -0.39 is 4.92 Å². The van der Waals surface area contributed by atoms with Crippen LogP contribution in [0.15, 0.2) is 12.3 Å². The van der Waals surface area contributed by atoms with Gasteiger partial charge >= 0.3 is 0 Å². The smallest absolute Gasteiger partial charge is 0.288 e. The van der Waals surface area contributed by atoms with Crippen molar-refractivity contribution in [3.05, 3.63) is 27.9 Å². The van der Waals surface area contributed by atoms with Crippen LogP contribution in [0.5, 0.6) is 0 Å². The minimum absolute atomic E-state index is 0.0179. The lowest BCUT2D eigenvalue weighted by Gasteiger charge is -2.15. The predicted molar refractivity (Wildman–Crippen MR) is 72.0 cm³/mol. The summed E-state index contributed by atoms with van der Waals surface area (Å²) < 4.78 is 0. The number of pyridine rings is 1. The zero-order valence-corrected chi connectivity index (χ0v) is 11.0. The van der Waals surface area contributed by atoms with Crippen molar-refractivity contribution < 1.29 is 9.72 Å². The van der Waals surface area contributed by atoms with Gasteiger partial charge in [0.2, 0.25) is 0 Å². The van der Waals surface area contributed by atoms with E-state index in [9.17, 15) is 14.9 Å². The predicted octanol–water partition coefficient (Wildman–Crippen LogP) is 1.49. The van der Waals surface area contributed by atoms with Crippen molar-refractivity contribution in [2.75, 3.05) is 12.3 Å². The van der Waals surface area contributed by atoms with Crippen LogP contribution in [0, 0.1) is 21.4 Å². The third-order valence-corrected chi connectivity index (χ3v) is 4.30. The van der Waals surface area contributed by atoms with E-state index in [1.165, 1.54) is 18.9 Å². The second-order valence-corrected chi connectivity index (χ2v) is 5.70. The third kappa shape index (κ3) is 2.31. The molecule has 0 saturated heterocycles. The molecule has 1 aromatic rings. The molecule has 106 valence electrons. The van der Waals surface area contributed by atoms with Gasteiger partial charge in [-0.2, -0.15) is 0 Å². The Bertz CT molecular complexity index is 579. The summed E-state index contributed by atoms with van der Waals surface area (Å²) in [6, 6.07) is 1.17. The Morgan fingerprint density at radius 3 is 2.80 bits per heavy atom. The molecule has 2 aliphatic rings. The number of nitrogen functional groups attached to an aromatic ring is 1. The Kier molecular flexibility index (Phi) is 2.84. The van der Waals surface area contributed by atoms with Crippen molar-refractivity contribution in [3.63, 3.8) is 0 Å². The van der Waals surface area contributed by atoms with Crippen molar-refractivity contribution in [2.45, 2.75) is 25.7 Å². The number of aromatic nitrogens is 1. The maximum atomic E-state index is 12.1. The van der Waals surface area contributed by atoms with E-state index in [0.29, 0.717) is 6.54 Å². The molecule has 0 spiro atoms. The number of nitro groups is 1. The average Bonchev–Trinajstić information content (AvgIpc) is 3.27. The molecule has 1 amide bonds. The first-order valence-corrected chi connectivity index (χ1v) is 6.70. The van der Waals surface area contributed by atoms with Gasteiger partial charge in [0.15, 0.2) is 0 Å². The molecule has 7 heteroatoms. The van der Waals surface area contributed by atoms with Crippen molar-refractivity contribution in [2.24, 2.45) is 11.3 Å². The minimum atomic E-state index is -0.588. The van der Waals surface area contributed by atoms with Crippen LogP contribution < -0.4 is 11.1 Å². The molecule has 0 unspecified atom stereocenters. The number of rotatable bonds is 5. The van der Waals surface area contributed by atoms with Gasteiger partial charge in [-0.05, 0) is 37.0 Å². The number of carbonyl (C=O) groups is 1. The normalized spacial score (nSPS) is 19.4. The Balaban J connectivity index is 1.70. The van der Waals surface area contributed by atoms with Gasteiger partial charge in [-0.3, -0.25) is 14.9 Å². The van der Waals surface area contributed by atoms with Gasteiger partial charge in [-0.25, -0.2) is 4.98 Å². The van der Waals surface area contributed by atoms with Crippen molar-refractivity contribution in [1.82, 2.24) is 10.3 Å². The van der Waals surface area contributed by atoms with E-state index in [2.05, 4.69) is 10.3 Å². The Hall–Kier alpha value is -2.18. The lowest BCUT2D eigenvalue weighted by atomic mass is 10.0. The molecule has 0 bridgehead atoms. The first-order valence-electron chi connectivity index (χ1n) is 6.70. The molecule has 2 aliphatic carbocycles. The highest BCUT2D eigenvalue weighted by molar-refractivity contribution is 5.98. The van der Waals surface area contributed by atoms with Crippen LogP contribution in [0.2, 0.25) is 0 Å². The second kappa shape index (κ2) is 4.43. The molecule has 0 atom stereocenters. The van der Waals surface area contributed by atoms with Gasteiger partial charge in [-0.15, -0.1) is 0 Å². The summed E-state index contributed by atoms with van der Waals surface area (Å²) >= 11 is 0. The van der Waals surface area contributed by atoms with Crippen LogP contribution in [0.3, 0.4) is 0 Å². The number of nitrogens with zero attached hydrogens (tertiary/aromatic N) is 2. The van der Waals surface area contributed by atoms with Gasteiger partial charge in [0.1, 0.15) is 12.0 Å². The number of anilines is 1. The Morgan fingerprint density at radius 1 is 1.55 bits per heavy atom. The molecule has 1 aromatic heterocycles. The summed E-state index contributed by atoms with van der Waals surface area (Å²) in [7, 11) is 0. The van der Waals surface area contributed by atoms with Crippen LogP contribution in [0.25, 0.3) is 0 Å². The summed E-state index contributed by atoms with van der Waals surface area (Å²) in [5, 5.41) is 13.6. The molecule has 1 heterocycles. The molecule has 2 fully saturated rings. The van der Waals surface area contributed by atoms with Crippen LogP contribution >= 0.6 is 0 Å². The van der Waals surface area contributed by atoms with Crippen LogP contribution in [-0.2, 0) is 0 Å². The highest BCUT2D eigenvalue weighted by atomic mass is 16.6. The van der Waals surface area contributed by atoms with E-state index in [0.717, 1.165) is 25.0 Å². The minimum Gasteiger partial charge on any atom is -0.383 e. The van der Waals surface area contributed by atoms with E-state index in [-0.39, 0.29) is 28.4 Å². The molecule has 0 aliphatic heterocycles.